The predicted octanol–water partition coefficient (Wildman–Crippen LogP) is -1.74. The van der Waals surface area contributed by atoms with Crippen LogP contribution in [0.3, 0.4) is 0 Å². The molecule has 0 radical (unpaired) electrons. The standard InChI is InChI=1S/C26H44O9.Na/c1-16(13-23(30)33-11-9-7-5-4-6-8-10-22(28)29)12-20-25(32)26-19(15-34-20)14-21(35-26)24(31)17(2)18(3)27;/h13,17-21,24-27,31-32H,4-12,14-15H2,1-3H3,(H,28,29);/q;+1/p-1. The minimum absolute atomic E-state index is 0. The molecule has 2 aliphatic heterocycles. The molecule has 0 aromatic rings. The van der Waals surface area contributed by atoms with Crippen molar-refractivity contribution in [2.24, 2.45) is 11.8 Å². The van der Waals surface area contributed by atoms with Crippen molar-refractivity contribution < 1.29 is 73.8 Å². The maximum absolute atomic E-state index is 12.1. The Kier molecular flexibility index (Phi) is 16.0. The summed E-state index contributed by atoms with van der Waals surface area (Å²) in [6.07, 6.45) is 3.77. The molecule has 0 aliphatic carbocycles. The Hall–Kier alpha value is -0.520. The number of carboxylic acids is 1. The van der Waals surface area contributed by atoms with Crippen LogP contribution in [0.5, 0.6) is 0 Å². The van der Waals surface area contributed by atoms with E-state index in [1.807, 2.05) is 0 Å². The second-order valence-corrected chi connectivity index (χ2v) is 10.2. The first-order valence-corrected chi connectivity index (χ1v) is 12.9. The number of unbranched alkanes of at least 4 members (excludes halogenated alkanes) is 5. The second-order valence-electron chi connectivity index (χ2n) is 10.2. The number of aliphatic carboxylic acids is 1. The summed E-state index contributed by atoms with van der Waals surface area (Å²) in [6.45, 7) is 5.94. The fraction of sp³-hybridized carbons (Fsp3) is 0.846. The zero-order valence-electron chi connectivity index (χ0n) is 22.3. The number of carbonyl (C=O) groups is 2. The first kappa shape index (κ1) is 33.5. The number of aliphatic hydroxyl groups excluding tert-OH is 3. The summed E-state index contributed by atoms with van der Waals surface area (Å²) in [6, 6.07) is 0. The zero-order chi connectivity index (χ0) is 26.0. The van der Waals surface area contributed by atoms with Gasteiger partial charge in [-0.25, -0.2) is 4.79 Å². The van der Waals surface area contributed by atoms with E-state index < -0.39 is 48.6 Å². The Morgan fingerprint density at radius 3 is 2.39 bits per heavy atom. The number of esters is 1. The molecule has 36 heavy (non-hydrogen) atoms. The molecule has 2 fully saturated rings. The Morgan fingerprint density at radius 1 is 1.11 bits per heavy atom. The summed E-state index contributed by atoms with van der Waals surface area (Å²) in [5.41, 5.74) is 0.739. The fourth-order valence-electron chi connectivity index (χ4n) is 4.77. The van der Waals surface area contributed by atoms with Crippen LogP contribution in [0.2, 0.25) is 0 Å². The molecule has 0 aromatic heterocycles. The molecule has 0 saturated carbocycles. The van der Waals surface area contributed by atoms with Crippen LogP contribution >= 0.6 is 0 Å². The molecule has 0 amide bonds. The molecule has 2 aliphatic rings. The average Bonchev–Trinajstić information content (AvgIpc) is 3.23. The monoisotopic (exact) mass is 522 g/mol. The van der Waals surface area contributed by atoms with Crippen molar-refractivity contribution in [3.63, 3.8) is 0 Å². The van der Waals surface area contributed by atoms with Gasteiger partial charge >= 0.3 is 35.5 Å². The quantitative estimate of drug-likeness (QED) is 0.0988. The van der Waals surface area contributed by atoms with Gasteiger partial charge in [0.15, 0.2) is 0 Å². The van der Waals surface area contributed by atoms with Gasteiger partial charge in [0.2, 0.25) is 0 Å². The van der Waals surface area contributed by atoms with E-state index in [1.165, 1.54) is 6.08 Å². The van der Waals surface area contributed by atoms with Gasteiger partial charge in [-0.1, -0.05) is 38.2 Å². The van der Waals surface area contributed by atoms with E-state index in [0.717, 1.165) is 37.7 Å². The average molecular weight is 523 g/mol. The Morgan fingerprint density at radius 2 is 1.75 bits per heavy atom. The number of hydrogen-bond donors (Lipinski definition) is 3. The third-order valence-electron chi connectivity index (χ3n) is 7.16. The van der Waals surface area contributed by atoms with Crippen molar-refractivity contribution in [1.82, 2.24) is 0 Å². The van der Waals surface area contributed by atoms with E-state index in [4.69, 9.17) is 14.2 Å². The molecular weight excluding hydrogens is 479 g/mol. The number of rotatable bonds is 15. The Labute approximate surface area is 236 Å². The molecular formula is C26H43NaO9. The van der Waals surface area contributed by atoms with Crippen molar-refractivity contribution in [3.05, 3.63) is 11.6 Å². The molecule has 0 spiro atoms. The molecule has 202 valence electrons. The summed E-state index contributed by atoms with van der Waals surface area (Å²) in [5.74, 6) is -1.79. The van der Waals surface area contributed by atoms with E-state index in [0.29, 0.717) is 32.5 Å². The summed E-state index contributed by atoms with van der Waals surface area (Å²) in [5, 5.41) is 41.4. The van der Waals surface area contributed by atoms with Crippen LogP contribution in [0.25, 0.3) is 0 Å². The summed E-state index contributed by atoms with van der Waals surface area (Å²) < 4.78 is 17.1. The van der Waals surface area contributed by atoms with Crippen LogP contribution in [-0.2, 0) is 23.8 Å². The topological polar surface area (TPSA) is 146 Å². The van der Waals surface area contributed by atoms with Crippen LogP contribution in [0.1, 0.15) is 78.6 Å². The smallest absolute Gasteiger partial charge is 0.550 e. The Bertz CT molecular complexity index is 699. The van der Waals surface area contributed by atoms with Crippen LogP contribution < -0.4 is 34.7 Å². The van der Waals surface area contributed by atoms with Gasteiger partial charge in [-0.2, -0.15) is 0 Å². The van der Waals surface area contributed by atoms with Gasteiger partial charge in [0, 0.05) is 23.9 Å². The summed E-state index contributed by atoms with van der Waals surface area (Å²) in [7, 11) is 0. The summed E-state index contributed by atoms with van der Waals surface area (Å²) in [4.78, 5) is 22.5. The maximum Gasteiger partial charge on any atom is 1.00 e. The van der Waals surface area contributed by atoms with Crippen molar-refractivity contribution in [2.45, 2.75) is 115 Å². The van der Waals surface area contributed by atoms with Crippen LogP contribution in [-0.4, -0.2) is 77.1 Å². The maximum atomic E-state index is 12.1. The largest absolute Gasteiger partial charge is 1.00 e. The van der Waals surface area contributed by atoms with Crippen molar-refractivity contribution >= 4 is 11.9 Å². The molecule has 8 atom stereocenters. The van der Waals surface area contributed by atoms with Crippen molar-refractivity contribution in [3.8, 4) is 0 Å². The van der Waals surface area contributed by atoms with Gasteiger partial charge < -0.3 is 39.4 Å². The fourth-order valence-corrected chi connectivity index (χ4v) is 4.77. The van der Waals surface area contributed by atoms with Gasteiger partial charge in [0.25, 0.3) is 0 Å². The molecule has 3 N–H and O–H groups in total. The van der Waals surface area contributed by atoms with Crippen molar-refractivity contribution in [1.29, 1.82) is 0 Å². The third-order valence-corrected chi connectivity index (χ3v) is 7.16. The molecule has 9 nitrogen and oxygen atoms in total. The Balaban J connectivity index is 0.00000648. The number of ether oxygens (including phenoxy) is 3. The van der Waals surface area contributed by atoms with Gasteiger partial charge in [-0.15, -0.1) is 0 Å². The van der Waals surface area contributed by atoms with Gasteiger partial charge in [0.05, 0.1) is 43.7 Å². The summed E-state index contributed by atoms with van der Waals surface area (Å²) >= 11 is 0. The number of carboxylic acid groups (broad SMARTS) is 1. The first-order valence-electron chi connectivity index (χ1n) is 12.9. The predicted molar refractivity (Wildman–Crippen MR) is 126 cm³/mol. The third kappa shape index (κ3) is 11.1. The second kappa shape index (κ2) is 17.1. The minimum Gasteiger partial charge on any atom is -0.550 e. The van der Waals surface area contributed by atoms with Gasteiger partial charge in [0.1, 0.15) is 6.10 Å². The molecule has 0 bridgehead atoms. The molecule has 10 heteroatoms. The number of carbonyl (C=O) groups excluding carboxylic acids is 2. The van der Waals surface area contributed by atoms with E-state index in [9.17, 15) is 30.0 Å². The molecule has 2 saturated heterocycles. The van der Waals surface area contributed by atoms with Crippen LogP contribution in [0, 0.1) is 11.8 Å². The molecule has 2 heterocycles. The van der Waals surface area contributed by atoms with E-state index in [1.54, 1.807) is 20.8 Å². The molecule has 0 aromatic carbocycles. The number of hydrogen-bond acceptors (Lipinski definition) is 9. The molecule has 8 unspecified atom stereocenters. The van der Waals surface area contributed by atoms with E-state index in [-0.39, 0.29) is 47.8 Å². The van der Waals surface area contributed by atoms with Crippen molar-refractivity contribution in [2.75, 3.05) is 13.2 Å². The number of fused-ring (bicyclic) bond motifs is 1. The van der Waals surface area contributed by atoms with Gasteiger partial charge in [-0.05, 0) is 46.0 Å². The minimum atomic E-state index is -1.01. The zero-order valence-corrected chi connectivity index (χ0v) is 24.3. The SMILES string of the molecule is CC(=CC(=O)OCCCCCCCCC(=O)[O-])CC1OCC2CC(C(O)C(C)C(C)O)OC2C1O.[Na+]. The van der Waals surface area contributed by atoms with E-state index >= 15 is 0 Å². The normalized spacial score (nSPS) is 28.5. The van der Waals surface area contributed by atoms with Crippen LogP contribution in [0.4, 0.5) is 0 Å². The molecule has 2 rings (SSSR count). The van der Waals surface area contributed by atoms with E-state index in [2.05, 4.69) is 0 Å². The van der Waals surface area contributed by atoms with Gasteiger partial charge in [-0.3, -0.25) is 0 Å². The van der Waals surface area contributed by atoms with Crippen LogP contribution in [0.15, 0.2) is 11.6 Å². The number of aliphatic hydroxyl groups is 3. The first-order chi connectivity index (χ1) is 16.6.